The second kappa shape index (κ2) is 8.56. The highest BCUT2D eigenvalue weighted by Crippen LogP contribution is 2.23. The number of H-pyrrole nitrogens is 1. The number of carbonyl (C=O) groups excluding carboxylic acids is 2. The number of halogens is 1. The standard InChI is InChI=1S/C17H19ClN4O4S2/c1-19-16(23)13-8-11(2-3-14(13)18)21-17(24)15-9-12(10-20-15)28(25,26)22-4-6-27-7-5-22/h2-3,8-10,20H,4-7H2,1H3,(H,19,23)(H,21,24). The molecule has 28 heavy (non-hydrogen) atoms. The minimum absolute atomic E-state index is 0.0479. The lowest BCUT2D eigenvalue weighted by molar-refractivity contribution is 0.0961. The number of anilines is 1. The number of hydrogen-bond acceptors (Lipinski definition) is 5. The Labute approximate surface area is 172 Å². The first kappa shape index (κ1) is 20.7. The molecule has 3 rings (SSSR count). The van der Waals surface area contributed by atoms with E-state index in [1.807, 2.05) is 0 Å². The minimum Gasteiger partial charge on any atom is -0.356 e. The third kappa shape index (κ3) is 4.35. The molecule has 0 spiro atoms. The van der Waals surface area contributed by atoms with Crippen molar-refractivity contribution in [2.75, 3.05) is 37.0 Å². The third-order valence-corrected chi connectivity index (χ3v) is 7.35. The molecular formula is C17H19ClN4O4S2. The van der Waals surface area contributed by atoms with Gasteiger partial charge in [0.25, 0.3) is 11.8 Å². The number of aromatic nitrogens is 1. The summed E-state index contributed by atoms with van der Waals surface area (Å²) in [5.41, 5.74) is 0.682. The van der Waals surface area contributed by atoms with Crippen LogP contribution in [0.15, 0.2) is 35.4 Å². The van der Waals surface area contributed by atoms with E-state index in [2.05, 4.69) is 15.6 Å². The average Bonchev–Trinajstić information content (AvgIpc) is 3.21. The van der Waals surface area contributed by atoms with Gasteiger partial charge in [-0.3, -0.25) is 9.59 Å². The molecule has 1 aromatic heterocycles. The maximum atomic E-state index is 12.7. The molecule has 1 aromatic carbocycles. The van der Waals surface area contributed by atoms with Crippen molar-refractivity contribution in [3.05, 3.63) is 46.7 Å². The van der Waals surface area contributed by atoms with Crippen molar-refractivity contribution < 1.29 is 18.0 Å². The van der Waals surface area contributed by atoms with Gasteiger partial charge in [-0.15, -0.1) is 0 Å². The maximum absolute atomic E-state index is 12.7. The Morgan fingerprint density at radius 3 is 2.57 bits per heavy atom. The summed E-state index contributed by atoms with van der Waals surface area (Å²) >= 11 is 7.71. The number of aromatic amines is 1. The molecule has 1 saturated heterocycles. The summed E-state index contributed by atoms with van der Waals surface area (Å²) < 4.78 is 26.8. The van der Waals surface area contributed by atoms with Crippen LogP contribution < -0.4 is 10.6 Å². The normalized spacial score (nSPS) is 15.2. The molecule has 0 radical (unpaired) electrons. The Bertz CT molecular complexity index is 1000. The monoisotopic (exact) mass is 442 g/mol. The van der Waals surface area contributed by atoms with Crippen molar-refractivity contribution >= 4 is 50.9 Å². The lowest BCUT2D eigenvalue weighted by Crippen LogP contribution is -2.37. The first-order chi connectivity index (χ1) is 13.3. The van der Waals surface area contributed by atoms with Crippen LogP contribution in [0.3, 0.4) is 0 Å². The van der Waals surface area contributed by atoms with E-state index in [1.165, 1.54) is 35.7 Å². The number of thioether (sulfide) groups is 1. The molecule has 0 unspecified atom stereocenters. The van der Waals surface area contributed by atoms with Gasteiger partial charge in [0.15, 0.2) is 0 Å². The zero-order valence-electron chi connectivity index (χ0n) is 15.0. The second-order valence-electron chi connectivity index (χ2n) is 5.99. The number of benzene rings is 1. The van der Waals surface area contributed by atoms with Gasteiger partial charge in [0.2, 0.25) is 10.0 Å². The third-order valence-electron chi connectivity index (χ3n) is 4.20. The molecule has 0 atom stereocenters. The van der Waals surface area contributed by atoms with E-state index in [0.29, 0.717) is 18.8 Å². The number of hydrogen-bond donors (Lipinski definition) is 3. The minimum atomic E-state index is -3.64. The van der Waals surface area contributed by atoms with Crippen LogP contribution in [0, 0.1) is 0 Å². The summed E-state index contributed by atoms with van der Waals surface area (Å²) in [5, 5.41) is 5.35. The zero-order valence-corrected chi connectivity index (χ0v) is 17.4. The van der Waals surface area contributed by atoms with Gasteiger partial charge in [-0.2, -0.15) is 16.1 Å². The van der Waals surface area contributed by atoms with Crippen LogP contribution in [0.4, 0.5) is 5.69 Å². The van der Waals surface area contributed by atoms with Crippen molar-refractivity contribution in [2.24, 2.45) is 0 Å². The molecule has 1 fully saturated rings. The highest BCUT2D eigenvalue weighted by Gasteiger charge is 2.27. The first-order valence-corrected chi connectivity index (χ1v) is 11.4. The van der Waals surface area contributed by atoms with E-state index in [-0.39, 0.29) is 27.1 Å². The molecule has 2 aromatic rings. The van der Waals surface area contributed by atoms with Gasteiger partial charge in [0.05, 0.1) is 10.6 Å². The molecule has 3 N–H and O–H groups in total. The van der Waals surface area contributed by atoms with Crippen LogP contribution in [0.25, 0.3) is 0 Å². The van der Waals surface area contributed by atoms with Crippen LogP contribution in [-0.2, 0) is 10.0 Å². The first-order valence-electron chi connectivity index (χ1n) is 8.42. The largest absolute Gasteiger partial charge is 0.356 e. The summed E-state index contributed by atoms with van der Waals surface area (Å²) in [7, 11) is -2.16. The van der Waals surface area contributed by atoms with Gasteiger partial charge in [-0.1, -0.05) is 11.6 Å². The Kier molecular flexibility index (Phi) is 6.33. The molecule has 1 aliphatic heterocycles. The van der Waals surface area contributed by atoms with Crippen LogP contribution in [0.1, 0.15) is 20.8 Å². The van der Waals surface area contributed by atoms with Gasteiger partial charge in [-0.25, -0.2) is 8.42 Å². The molecular weight excluding hydrogens is 424 g/mol. The molecule has 150 valence electrons. The number of nitrogens with one attached hydrogen (secondary N) is 3. The van der Waals surface area contributed by atoms with Gasteiger partial charge >= 0.3 is 0 Å². The van der Waals surface area contributed by atoms with Crippen molar-refractivity contribution in [3.8, 4) is 0 Å². The van der Waals surface area contributed by atoms with Crippen LogP contribution in [-0.4, -0.2) is 61.2 Å². The van der Waals surface area contributed by atoms with E-state index < -0.39 is 15.9 Å². The molecule has 0 aliphatic carbocycles. The second-order valence-corrected chi connectivity index (χ2v) is 9.56. The Morgan fingerprint density at radius 2 is 1.89 bits per heavy atom. The topological polar surface area (TPSA) is 111 Å². The number of rotatable bonds is 5. The fraction of sp³-hybridized carbons (Fsp3) is 0.294. The lowest BCUT2D eigenvalue weighted by atomic mass is 10.2. The maximum Gasteiger partial charge on any atom is 0.272 e. The van der Waals surface area contributed by atoms with E-state index >= 15 is 0 Å². The van der Waals surface area contributed by atoms with Gasteiger partial charge < -0.3 is 15.6 Å². The Hall–Kier alpha value is -2.01. The molecule has 8 nitrogen and oxygen atoms in total. The summed E-state index contributed by atoms with van der Waals surface area (Å²) in [6.45, 7) is 0.902. The predicted octanol–water partition coefficient (Wildman–Crippen LogP) is 2.02. The van der Waals surface area contributed by atoms with E-state index in [9.17, 15) is 18.0 Å². The number of carbonyl (C=O) groups is 2. The molecule has 2 heterocycles. The SMILES string of the molecule is CNC(=O)c1cc(NC(=O)c2cc(S(=O)(=O)N3CCSCC3)c[nH]2)ccc1Cl. The molecule has 0 bridgehead atoms. The van der Waals surface area contributed by atoms with E-state index in [1.54, 1.807) is 17.8 Å². The summed E-state index contributed by atoms with van der Waals surface area (Å²) in [4.78, 5) is 27.0. The van der Waals surface area contributed by atoms with Crippen molar-refractivity contribution in [3.63, 3.8) is 0 Å². The zero-order chi connectivity index (χ0) is 20.3. The van der Waals surface area contributed by atoms with E-state index in [4.69, 9.17) is 11.6 Å². The van der Waals surface area contributed by atoms with Gasteiger partial charge in [0, 0.05) is 43.5 Å². The van der Waals surface area contributed by atoms with Crippen molar-refractivity contribution in [1.29, 1.82) is 0 Å². The number of nitrogens with zero attached hydrogens (tertiary/aromatic N) is 1. The average molecular weight is 443 g/mol. The fourth-order valence-electron chi connectivity index (χ4n) is 2.70. The molecule has 0 saturated carbocycles. The number of sulfonamides is 1. The van der Waals surface area contributed by atoms with Crippen LogP contribution >= 0.6 is 23.4 Å². The van der Waals surface area contributed by atoms with Crippen molar-refractivity contribution in [1.82, 2.24) is 14.6 Å². The van der Waals surface area contributed by atoms with Gasteiger partial charge in [-0.05, 0) is 24.3 Å². The Morgan fingerprint density at radius 1 is 1.18 bits per heavy atom. The van der Waals surface area contributed by atoms with Crippen LogP contribution in [0.2, 0.25) is 5.02 Å². The molecule has 1 aliphatic rings. The summed E-state index contributed by atoms with van der Waals surface area (Å²) in [6, 6.07) is 5.81. The lowest BCUT2D eigenvalue weighted by Gasteiger charge is -2.24. The highest BCUT2D eigenvalue weighted by atomic mass is 35.5. The summed E-state index contributed by atoms with van der Waals surface area (Å²) in [6.07, 6.45) is 1.31. The fourth-order valence-corrected chi connectivity index (χ4v) is 5.47. The predicted molar refractivity (Wildman–Crippen MR) is 110 cm³/mol. The molecule has 11 heteroatoms. The quantitative estimate of drug-likeness (QED) is 0.655. The van der Waals surface area contributed by atoms with Gasteiger partial charge in [0.1, 0.15) is 10.6 Å². The van der Waals surface area contributed by atoms with Crippen molar-refractivity contribution in [2.45, 2.75) is 4.90 Å². The highest BCUT2D eigenvalue weighted by molar-refractivity contribution is 7.99. The van der Waals surface area contributed by atoms with E-state index in [0.717, 1.165) is 11.5 Å². The smallest absolute Gasteiger partial charge is 0.272 e. The number of amides is 2. The Balaban J connectivity index is 1.77. The molecule has 2 amide bonds. The summed E-state index contributed by atoms with van der Waals surface area (Å²) in [5.74, 6) is 0.595. The van der Waals surface area contributed by atoms with Crippen LogP contribution in [0.5, 0.6) is 0 Å².